The topological polar surface area (TPSA) is 96.9 Å². The van der Waals surface area contributed by atoms with Gasteiger partial charge in [-0.05, 0) is 30.5 Å². The number of hydrogen-bond donors (Lipinski definition) is 2. The van der Waals surface area contributed by atoms with E-state index in [1.807, 2.05) is 32.0 Å². The minimum absolute atomic E-state index is 0.0132. The molecule has 8 heteroatoms. The van der Waals surface area contributed by atoms with Gasteiger partial charge in [0.05, 0.1) is 10.9 Å². The molecule has 2 N–H and O–H groups in total. The number of hydrogen-bond acceptors (Lipinski definition) is 4. The first kappa shape index (κ1) is 19.8. The number of H-pyrrole nitrogens is 1. The molecule has 3 rings (SSSR count). The van der Waals surface area contributed by atoms with Crippen molar-refractivity contribution in [2.24, 2.45) is 0 Å². The summed E-state index contributed by atoms with van der Waals surface area (Å²) in [5.41, 5.74) is 0.614. The summed E-state index contributed by atoms with van der Waals surface area (Å²) in [7, 11) is 0. The fourth-order valence-corrected chi connectivity index (χ4v) is 3.18. The number of amides is 1. The quantitative estimate of drug-likeness (QED) is 0.688. The van der Waals surface area contributed by atoms with Crippen LogP contribution in [0.3, 0.4) is 0 Å². The normalized spacial score (nSPS) is 11.2. The number of aryl methyl sites for hydroxylation is 1. The Hall–Kier alpha value is -2.93. The molecule has 0 saturated heterocycles. The fourth-order valence-electron chi connectivity index (χ4n) is 2.97. The van der Waals surface area contributed by atoms with E-state index in [1.54, 1.807) is 19.1 Å². The summed E-state index contributed by atoms with van der Waals surface area (Å²) >= 11 is 6.14. The molecule has 0 aliphatic rings. The zero-order valence-corrected chi connectivity index (χ0v) is 16.6. The first-order chi connectivity index (χ1) is 13.3. The van der Waals surface area contributed by atoms with E-state index < -0.39 is 17.2 Å². The largest absolute Gasteiger partial charge is 0.348 e. The van der Waals surface area contributed by atoms with Crippen molar-refractivity contribution < 1.29 is 4.79 Å². The third-order valence-corrected chi connectivity index (χ3v) is 4.89. The van der Waals surface area contributed by atoms with Gasteiger partial charge in [-0.3, -0.25) is 19.1 Å². The van der Waals surface area contributed by atoms with Gasteiger partial charge >= 0.3 is 5.69 Å². The van der Waals surface area contributed by atoms with Crippen molar-refractivity contribution in [2.75, 3.05) is 0 Å². The van der Waals surface area contributed by atoms with Crippen molar-refractivity contribution in [2.45, 2.75) is 39.8 Å². The molecule has 7 nitrogen and oxygen atoms in total. The Kier molecular flexibility index (Phi) is 5.65. The van der Waals surface area contributed by atoms with Gasteiger partial charge in [0, 0.05) is 23.8 Å². The number of pyridine rings is 1. The highest BCUT2D eigenvalue weighted by Gasteiger charge is 2.20. The number of nitrogens with zero attached hydrogens (tertiary/aromatic N) is 2. The Labute approximate surface area is 166 Å². The molecule has 0 spiro atoms. The van der Waals surface area contributed by atoms with Gasteiger partial charge in [-0.15, -0.1) is 0 Å². The van der Waals surface area contributed by atoms with Crippen LogP contribution in [0.2, 0.25) is 5.02 Å². The number of aromatic amines is 1. The van der Waals surface area contributed by atoms with E-state index >= 15 is 0 Å². The van der Waals surface area contributed by atoms with Crippen LogP contribution in [0.15, 0.2) is 39.9 Å². The van der Waals surface area contributed by atoms with E-state index in [9.17, 15) is 14.4 Å². The molecule has 0 saturated carbocycles. The number of benzene rings is 1. The predicted octanol–water partition coefficient (Wildman–Crippen LogP) is 2.81. The Morgan fingerprint density at radius 2 is 2.00 bits per heavy atom. The van der Waals surface area contributed by atoms with Gasteiger partial charge in [-0.25, -0.2) is 9.78 Å². The van der Waals surface area contributed by atoms with E-state index in [2.05, 4.69) is 15.3 Å². The van der Waals surface area contributed by atoms with Crippen LogP contribution in [0.4, 0.5) is 0 Å². The first-order valence-electron chi connectivity index (χ1n) is 9.02. The number of fused-ring (bicyclic) bond motifs is 1. The van der Waals surface area contributed by atoms with E-state index in [-0.39, 0.29) is 29.1 Å². The van der Waals surface area contributed by atoms with Gasteiger partial charge in [0.15, 0.2) is 5.65 Å². The monoisotopic (exact) mass is 400 g/mol. The SMILES string of the molecule is CCn1c(=O)[nH]c(=O)c2c(C(=O)NCc3ccccc3Cl)cc(C(C)C)nc21. The maximum absolute atomic E-state index is 12.9. The molecule has 0 bridgehead atoms. The van der Waals surface area contributed by atoms with Crippen LogP contribution < -0.4 is 16.6 Å². The molecule has 0 aliphatic carbocycles. The van der Waals surface area contributed by atoms with Crippen LogP contribution in [0.1, 0.15) is 48.3 Å². The smallest absolute Gasteiger partial charge is 0.329 e. The fraction of sp³-hybridized carbons (Fsp3) is 0.300. The third kappa shape index (κ3) is 3.71. The number of nitrogens with one attached hydrogen (secondary N) is 2. The Morgan fingerprint density at radius 3 is 2.64 bits per heavy atom. The molecule has 0 fully saturated rings. The maximum Gasteiger partial charge on any atom is 0.329 e. The van der Waals surface area contributed by atoms with Crippen molar-refractivity contribution >= 4 is 28.5 Å². The highest BCUT2D eigenvalue weighted by molar-refractivity contribution is 6.31. The van der Waals surface area contributed by atoms with Crippen molar-refractivity contribution in [3.8, 4) is 0 Å². The minimum Gasteiger partial charge on any atom is -0.348 e. The lowest BCUT2D eigenvalue weighted by molar-refractivity contribution is 0.0952. The number of halogens is 1. The van der Waals surface area contributed by atoms with Crippen LogP contribution in [-0.2, 0) is 13.1 Å². The van der Waals surface area contributed by atoms with E-state index in [0.29, 0.717) is 17.3 Å². The van der Waals surface area contributed by atoms with E-state index in [1.165, 1.54) is 4.57 Å². The maximum atomic E-state index is 12.9. The second-order valence-electron chi connectivity index (χ2n) is 6.73. The molecule has 28 heavy (non-hydrogen) atoms. The standard InChI is InChI=1S/C20H21ClN4O3/c1-4-25-17-16(19(27)24-20(25)28)13(9-15(23-17)11(2)3)18(26)22-10-12-7-5-6-8-14(12)21/h5-9,11H,4,10H2,1-3H3,(H,22,26)(H,24,27,28). The van der Waals surface area contributed by atoms with E-state index in [4.69, 9.17) is 11.6 Å². The Morgan fingerprint density at radius 1 is 1.29 bits per heavy atom. The number of rotatable bonds is 5. The Bertz CT molecular complexity index is 1160. The molecule has 2 aromatic heterocycles. The molecule has 3 aromatic rings. The summed E-state index contributed by atoms with van der Waals surface area (Å²) in [4.78, 5) is 44.3. The van der Waals surface area contributed by atoms with Gasteiger partial charge < -0.3 is 5.32 Å². The van der Waals surface area contributed by atoms with Gasteiger partial charge in [0.1, 0.15) is 0 Å². The van der Waals surface area contributed by atoms with Gasteiger partial charge in [-0.2, -0.15) is 0 Å². The van der Waals surface area contributed by atoms with Crippen molar-refractivity contribution in [1.82, 2.24) is 19.9 Å². The van der Waals surface area contributed by atoms with Crippen LogP contribution in [0.25, 0.3) is 11.0 Å². The van der Waals surface area contributed by atoms with Gasteiger partial charge in [0.2, 0.25) is 0 Å². The lowest BCUT2D eigenvalue weighted by Gasteiger charge is -2.14. The summed E-state index contributed by atoms with van der Waals surface area (Å²) in [6, 6.07) is 8.80. The molecule has 146 valence electrons. The van der Waals surface area contributed by atoms with Crippen LogP contribution in [0.5, 0.6) is 0 Å². The molecule has 1 amide bonds. The zero-order chi connectivity index (χ0) is 20.4. The molecule has 0 radical (unpaired) electrons. The molecule has 1 aromatic carbocycles. The predicted molar refractivity (Wildman–Crippen MR) is 109 cm³/mol. The van der Waals surface area contributed by atoms with Gasteiger partial charge in [0.25, 0.3) is 11.5 Å². The molecule has 0 aliphatic heterocycles. The molecular formula is C20H21ClN4O3. The highest BCUT2D eigenvalue weighted by Crippen LogP contribution is 2.20. The molecule has 0 atom stereocenters. The molecule has 0 unspecified atom stereocenters. The average molecular weight is 401 g/mol. The summed E-state index contributed by atoms with van der Waals surface area (Å²) in [5, 5.41) is 3.45. The number of carbonyl (C=O) groups is 1. The second-order valence-corrected chi connectivity index (χ2v) is 7.13. The summed E-state index contributed by atoms with van der Waals surface area (Å²) < 4.78 is 1.35. The van der Waals surface area contributed by atoms with Crippen LogP contribution in [0, 0.1) is 0 Å². The lowest BCUT2D eigenvalue weighted by Crippen LogP contribution is -2.33. The summed E-state index contributed by atoms with van der Waals surface area (Å²) in [6.45, 7) is 6.17. The molecular weight excluding hydrogens is 380 g/mol. The highest BCUT2D eigenvalue weighted by atomic mass is 35.5. The van der Waals surface area contributed by atoms with Crippen LogP contribution >= 0.6 is 11.6 Å². The number of carbonyl (C=O) groups excluding carboxylic acids is 1. The zero-order valence-electron chi connectivity index (χ0n) is 15.9. The molecule has 2 heterocycles. The Balaban J connectivity index is 2.13. The van der Waals surface area contributed by atoms with Crippen molar-refractivity contribution in [3.05, 3.63) is 73.0 Å². The van der Waals surface area contributed by atoms with Crippen molar-refractivity contribution in [3.63, 3.8) is 0 Å². The summed E-state index contributed by atoms with van der Waals surface area (Å²) in [6.07, 6.45) is 0. The summed E-state index contributed by atoms with van der Waals surface area (Å²) in [5.74, 6) is -0.416. The van der Waals surface area contributed by atoms with Crippen LogP contribution in [-0.4, -0.2) is 20.4 Å². The minimum atomic E-state index is -0.629. The van der Waals surface area contributed by atoms with E-state index in [0.717, 1.165) is 5.56 Å². The first-order valence-corrected chi connectivity index (χ1v) is 9.40. The average Bonchev–Trinajstić information content (AvgIpc) is 2.66. The third-order valence-electron chi connectivity index (χ3n) is 4.52. The van der Waals surface area contributed by atoms with Gasteiger partial charge in [-0.1, -0.05) is 43.6 Å². The second kappa shape index (κ2) is 7.98. The number of aromatic nitrogens is 3. The lowest BCUT2D eigenvalue weighted by atomic mass is 10.0. The van der Waals surface area contributed by atoms with Crippen molar-refractivity contribution in [1.29, 1.82) is 0 Å².